The lowest BCUT2D eigenvalue weighted by Gasteiger charge is -2.38. The van der Waals surface area contributed by atoms with E-state index in [4.69, 9.17) is 16.3 Å². The highest BCUT2D eigenvalue weighted by molar-refractivity contribution is 6.29. The minimum atomic E-state index is -0.586. The van der Waals surface area contributed by atoms with Gasteiger partial charge < -0.3 is 10.1 Å². The second kappa shape index (κ2) is 8.24. The number of anilines is 3. The molecule has 2 aromatic rings. The van der Waals surface area contributed by atoms with Gasteiger partial charge in [0, 0.05) is 23.5 Å². The van der Waals surface area contributed by atoms with Crippen LogP contribution >= 0.6 is 11.6 Å². The van der Waals surface area contributed by atoms with E-state index in [2.05, 4.69) is 10.3 Å². The molecule has 0 saturated heterocycles. The molecule has 9 heteroatoms. The van der Waals surface area contributed by atoms with Crippen molar-refractivity contribution in [1.29, 1.82) is 0 Å². The molecule has 3 rings (SSSR count). The van der Waals surface area contributed by atoms with Crippen LogP contribution in [-0.4, -0.2) is 27.6 Å². The molecule has 1 aromatic carbocycles. The third-order valence-electron chi connectivity index (χ3n) is 4.47. The second-order valence-electron chi connectivity index (χ2n) is 7.87. The van der Waals surface area contributed by atoms with Crippen LogP contribution in [0.1, 0.15) is 40.0 Å². The molecule has 1 heterocycles. The van der Waals surface area contributed by atoms with Crippen LogP contribution in [0, 0.1) is 10.1 Å². The predicted octanol–water partition coefficient (Wildman–Crippen LogP) is 5.68. The van der Waals surface area contributed by atoms with E-state index in [9.17, 15) is 14.9 Å². The Morgan fingerprint density at radius 2 is 1.90 bits per heavy atom. The number of carbonyl (C=O) groups is 1. The summed E-state index contributed by atoms with van der Waals surface area (Å²) >= 11 is 5.87. The van der Waals surface area contributed by atoms with Crippen LogP contribution in [0.15, 0.2) is 36.4 Å². The predicted molar refractivity (Wildman–Crippen MR) is 112 cm³/mol. The molecule has 0 spiro atoms. The van der Waals surface area contributed by atoms with Crippen molar-refractivity contribution in [1.82, 2.24) is 4.98 Å². The summed E-state index contributed by atoms with van der Waals surface area (Å²) in [6.45, 7) is 5.51. The lowest BCUT2D eigenvalue weighted by atomic mass is 9.91. The topological polar surface area (TPSA) is 97.6 Å². The zero-order chi connectivity index (χ0) is 21.2. The first-order valence-corrected chi connectivity index (χ1v) is 9.72. The fourth-order valence-corrected chi connectivity index (χ4v) is 3.08. The summed E-state index contributed by atoms with van der Waals surface area (Å²) in [6.07, 6.45) is 2.55. The number of ether oxygens (including phenoxy) is 1. The first kappa shape index (κ1) is 20.9. The van der Waals surface area contributed by atoms with Crippen molar-refractivity contribution in [2.24, 2.45) is 0 Å². The van der Waals surface area contributed by atoms with Crippen LogP contribution in [-0.2, 0) is 4.74 Å². The van der Waals surface area contributed by atoms with Crippen molar-refractivity contribution in [3.05, 3.63) is 51.7 Å². The number of nitrogens with zero attached hydrogens (tertiary/aromatic N) is 3. The van der Waals surface area contributed by atoms with E-state index >= 15 is 0 Å². The zero-order valence-corrected chi connectivity index (χ0v) is 17.3. The largest absolute Gasteiger partial charge is 0.443 e. The van der Waals surface area contributed by atoms with Crippen LogP contribution in [0.5, 0.6) is 0 Å². The third kappa shape index (κ3) is 5.14. The Bertz CT molecular complexity index is 908. The molecule has 1 aliphatic rings. The van der Waals surface area contributed by atoms with Gasteiger partial charge in [-0.2, -0.15) is 0 Å². The molecule has 154 valence electrons. The number of amides is 1. The average molecular weight is 419 g/mol. The zero-order valence-electron chi connectivity index (χ0n) is 16.5. The summed E-state index contributed by atoms with van der Waals surface area (Å²) in [5, 5.41) is 14.3. The van der Waals surface area contributed by atoms with Crippen molar-refractivity contribution < 1.29 is 14.5 Å². The van der Waals surface area contributed by atoms with Crippen LogP contribution < -0.4 is 10.2 Å². The lowest BCUT2D eigenvalue weighted by Crippen LogP contribution is -2.46. The van der Waals surface area contributed by atoms with Gasteiger partial charge in [0.05, 0.1) is 4.92 Å². The SMILES string of the molecule is CC(C)(C)OC(=O)N(c1ccc(Nc2nc(Cl)ccc2[N+](=O)[O-])cc1)C1CCC1. The van der Waals surface area contributed by atoms with E-state index in [0.29, 0.717) is 11.4 Å². The minimum Gasteiger partial charge on any atom is -0.443 e. The van der Waals surface area contributed by atoms with E-state index in [0.717, 1.165) is 19.3 Å². The maximum absolute atomic E-state index is 12.7. The molecule has 1 fully saturated rings. The maximum Gasteiger partial charge on any atom is 0.415 e. The molecular weight excluding hydrogens is 396 g/mol. The normalized spacial score (nSPS) is 14.1. The van der Waals surface area contributed by atoms with E-state index in [-0.39, 0.29) is 28.8 Å². The number of benzene rings is 1. The summed E-state index contributed by atoms with van der Waals surface area (Å²) in [5.41, 5.74) is 0.536. The molecular formula is C20H23ClN4O4. The molecule has 1 saturated carbocycles. The molecule has 0 aliphatic heterocycles. The van der Waals surface area contributed by atoms with Crippen LogP contribution in [0.3, 0.4) is 0 Å². The van der Waals surface area contributed by atoms with Gasteiger partial charge in [0.15, 0.2) is 0 Å². The van der Waals surface area contributed by atoms with Gasteiger partial charge in [-0.1, -0.05) is 11.6 Å². The van der Waals surface area contributed by atoms with Gasteiger partial charge in [-0.05, 0) is 70.4 Å². The Morgan fingerprint density at radius 3 is 2.41 bits per heavy atom. The molecule has 1 aromatic heterocycles. The van der Waals surface area contributed by atoms with Crippen LogP contribution in [0.2, 0.25) is 5.15 Å². The van der Waals surface area contributed by atoms with Crippen molar-refractivity contribution in [2.45, 2.75) is 51.7 Å². The molecule has 1 aliphatic carbocycles. The Hall–Kier alpha value is -2.87. The first-order valence-electron chi connectivity index (χ1n) is 9.34. The standard InChI is InChI=1S/C20H23ClN4O4/c1-20(2,3)29-19(26)24(14-5-4-6-14)15-9-7-13(8-10-15)22-18-16(25(27)28)11-12-17(21)23-18/h7-12,14H,4-6H2,1-3H3,(H,22,23). The highest BCUT2D eigenvalue weighted by atomic mass is 35.5. The molecule has 0 atom stereocenters. The summed E-state index contributed by atoms with van der Waals surface area (Å²) in [7, 11) is 0. The third-order valence-corrected chi connectivity index (χ3v) is 4.69. The van der Waals surface area contributed by atoms with Crippen molar-refractivity contribution in [2.75, 3.05) is 10.2 Å². The quantitative estimate of drug-likeness (QED) is 0.381. The van der Waals surface area contributed by atoms with Gasteiger partial charge in [0.2, 0.25) is 5.82 Å². The van der Waals surface area contributed by atoms with Gasteiger partial charge in [0.25, 0.3) is 0 Å². The Morgan fingerprint density at radius 1 is 1.24 bits per heavy atom. The monoisotopic (exact) mass is 418 g/mol. The Labute approximate surface area is 174 Å². The number of carbonyl (C=O) groups excluding carboxylic acids is 1. The number of nitrogens with one attached hydrogen (secondary N) is 1. The molecule has 29 heavy (non-hydrogen) atoms. The molecule has 1 N–H and O–H groups in total. The number of halogens is 1. The van der Waals surface area contributed by atoms with Crippen molar-refractivity contribution >= 4 is 40.6 Å². The highest BCUT2D eigenvalue weighted by Crippen LogP contribution is 2.33. The molecule has 1 amide bonds. The minimum absolute atomic E-state index is 0.0539. The van der Waals surface area contributed by atoms with Crippen LogP contribution in [0.4, 0.5) is 27.7 Å². The smallest absolute Gasteiger partial charge is 0.415 e. The fourth-order valence-electron chi connectivity index (χ4n) is 2.93. The summed E-state index contributed by atoms with van der Waals surface area (Å²) in [6, 6.07) is 9.80. The van der Waals surface area contributed by atoms with E-state index < -0.39 is 10.5 Å². The molecule has 0 bridgehead atoms. The Balaban J connectivity index is 1.82. The molecule has 0 unspecified atom stereocenters. The van der Waals surface area contributed by atoms with Gasteiger partial charge in [-0.25, -0.2) is 9.78 Å². The van der Waals surface area contributed by atoms with Crippen LogP contribution in [0.25, 0.3) is 0 Å². The summed E-state index contributed by atoms with van der Waals surface area (Å²) < 4.78 is 5.56. The van der Waals surface area contributed by atoms with Gasteiger partial charge in [0.1, 0.15) is 10.8 Å². The van der Waals surface area contributed by atoms with E-state index in [1.165, 1.54) is 12.1 Å². The second-order valence-corrected chi connectivity index (χ2v) is 8.25. The van der Waals surface area contributed by atoms with Gasteiger partial charge in [-0.3, -0.25) is 15.0 Å². The number of aromatic nitrogens is 1. The number of hydrogen-bond acceptors (Lipinski definition) is 6. The number of nitro groups is 1. The maximum atomic E-state index is 12.7. The fraction of sp³-hybridized carbons (Fsp3) is 0.400. The summed E-state index contributed by atoms with van der Waals surface area (Å²) in [4.78, 5) is 29.1. The van der Waals surface area contributed by atoms with Gasteiger partial charge in [-0.15, -0.1) is 0 Å². The van der Waals surface area contributed by atoms with Crippen molar-refractivity contribution in [3.8, 4) is 0 Å². The van der Waals surface area contributed by atoms with Crippen molar-refractivity contribution in [3.63, 3.8) is 0 Å². The first-order chi connectivity index (χ1) is 13.6. The molecule has 0 radical (unpaired) electrons. The highest BCUT2D eigenvalue weighted by Gasteiger charge is 2.33. The molecule has 8 nitrogen and oxygen atoms in total. The van der Waals surface area contributed by atoms with E-state index in [1.54, 1.807) is 29.2 Å². The summed E-state index contributed by atoms with van der Waals surface area (Å²) in [5.74, 6) is 0.0539. The number of pyridine rings is 1. The lowest BCUT2D eigenvalue weighted by molar-refractivity contribution is -0.384. The van der Waals surface area contributed by atoms with Gasteiger partial charge >= 0.3 is 11.8 Å². The average Bonchev–Trinajstić information content (AvgIpc) is 2.57. The number of hydrogen-bond donors (Lipinski definition) is 1. The number of rotatable bonds is 5. The Kier molecular flexibility index (Phi) is 5.93. The van der Waals surface area contributed by atoms with E-state index in [1.807, 2.05) is 20.8 Å².